The Bertz CT molecular complexity index is 720. The Balaban J connectivity index is 2.54. The van der Waals surface area contributed by atoms with Crippen molar-refractivity contribution in [1.82, 2.24) is 15.1 Å². The van der Waals surface area contributed by atoms with Crippen LogP contribution in [0.25, 0.3) is 10.8 Å². The summed E-state index contributed by atoms with van der Waals surface area (Å²) in [5, 5.41) is 15.4. The van der Waals surface area contributed by atoms with Gasteiger partial charge < -0.3 is 10.4 Å². The molecule has 0 aliphatic carbocycles. The molecule has 0 spiro atoms. The number of benzene rings is 1. The number of amides is 1. The maximum Gasteiger partial charge on any atom is 0.322 e. The van der Waals surface area contributed by atoms with Crippen LogP contribution in [-0.2, 0) is 11.8 Å². The molecule has 0 aliphatic heterocycles. The Morgan fingerprint density at radius 1 is 1.32 bits per heavy atom. The zero-order valence-corrected chi connectivity index (χ0v) is 10.1. The van der Waals surface area contributed by atoms with Gasteiger partial charge in [0.15, 0.2) is 5.69 Å². The van der Waals surface area contributed by atoms with Gasteiger partial charge in [-0.3, -0.25) is 14.4 Å². The summed E-state index contributed by atoms with van der Waals surface area (Å²) in [5.74, 6) is -1.78. The number of aromatic nitrogens is 2. The average molecular weight is 261 g/mol. The summed E-state index contributed by atoms with van der Waals surface area (Å²) in [5.41, 5.74) is -0.288. The molecule has 7 heteroatoms. The Labute approximate surface area is 107 Å². The van der Waals surface area contributed by atoms with E-state index in [1.807, 2.05) is 0 Å². The number of nitrogens with zero attached hydrogens (tertiary/aromatic N) is 2. The third kappa shape index (κ3) is 2.44. The van der Waals surface area contributed by atoms with Crippen LogP contribution < -0.4 is 10.9 Å². The molecule has 0 unspecified atom stereocenters. The second kappa shape index (κ2) is 4.89. The van der Waals surface area contributed by atoms with Crippen LogP contribution in [-0.4, -0.2) is 33.3 Å². The van der Waals surface area contributed by atoms with E-state index in [0.717, 1.165) is 4.68 Å². The number of carboxylic acids is 1. The van der Waals surface area contributed by atoms with Gasteiger partial charge >= 0.3 is 5.97 Å². The van der Waals surface area contributed by atoms with Crippen LogP contribution in [0.15, 0.2) is 29.1 Å². The highest BCUT2D eigenvalue weighted by Gasteiger charge is 2.15. The molecule has 1 amide bonds. The molecule has 1 aromatic heterocycles. The van der Waals surface area contributed by atoms with Gasteiger partial charge in [-0.1, -0.05) is 18.2 Å². The second-order valence-electron chi connectivity index (χ2n) is 3.90. The Kier molecular flexibility index (Phi) is 3.28. The fraction of sp³-hybridized carbons (Fsp3) is 0.167. The van der Waals surface area contributed by atoms with Gasteiger partial charge in [0.2, 0.25) is 0 Å². The van der Waals surface area contributed by atoms with Crippen molar-refractivity contribution in [3.63, 3.8) is 0 Å². The minimum absolute atomic E-state index is 0.0268. The molecule has 2 rings (SSSR count). The van der Waals surface area contributed by atoms with E-state index in [-0.39, 0.29) is 11.3 Å². The largest absolute Gasteiger partial charge is 0.480 e. The van der Waals surface area contributed by atoms with Crippen LogP contribution >= 0.6 is 0 Å². The minimum atomic E-state index is -1.15. The van der Waals surface area contributed by atoms with Gasteiger partial charge in [-0.05, 0) is 6.07 Å². The molecule has 0 bridgehead atoms. The molecule has 7 nitrogen and oxygen atoms in total. The smallest absolute Gasteiger partial charge is 0.322 e. The zero-order chi connectivity index (χ0) is 14.0. The number of aryl methyl sites for hydroxylation is 1. The summed E-state index contributed by atoms with van der Waals surface area (Å²) in [6.45, 7) is -0.502. The lowest BCUT2D eigenvalue weighted by molar-refractivity contribution is -0.135. The topological polar surface area (TPSA) is 101 Å². The van der Waals surface area contributed by atoms with Crippen LogP contribution in [0.2, 0.25) is 0 Å². The molecule has 0 saturated heterocycles. The minimum Gasteiger partial charge on any atom is -0.480 e. The molecule has 0 saturated carbocycles. The SMILES string of the molecule is Cn1nc(C(=O)NCC(=O)O)c2ccccc2c1=O. The zero-order valence-electron chi connectivity index (χ0n) is 10.1. The Morgan fingerprint density at radius 2 is 1.95 bits per heavy atom. The lowest BCUT2D eigenvalue weighted by Crippen LogP contribution is -2.32. The monoisotopic (exact) mass is 261 g/mol. The molecule has 1 aromatic carbocycles. The molecule has 98 valence electrons. The van der Waals surface area contributed by atoms with Crippen molar-refractivity contribution < 1.29 is 14.7 Å². The summed E-state index contributed by atoms with van der Waals surface area (Å²) in [6, 6.07) is 6.55. The van der Waals surface area contributed by atoms with Crippen molar-refractivity contribution in [3.05, 3.63) is 40.3 Å². The number of aliphatic carboxylic acids is 1. The fourth-order valence-corrected chi connectivity index (χ4v) is 1.71. The van der Waals surface area contributed by atoms with E-state index >= 15 is 0 Å². The first-order valence-corrected chi connectivity index (χ1v) is 5.46. The lowest BCUT2D eigenvalue weighted by atomic mass is 10.1. The van der Waals surface area contributed by atoms with Gasteiger partial charge in [0.05, 0.1) is 5.39 Å². The maximum atomic E-state index is 11.9. The lowest BCUT2D eigenvalue weighted by Gasteiger charge is -2.07. The first kappa shape index (κ1) is 12.7. The second-order valence-corrected chi connectivity index (χ2v) is 3.90. The summed E-state index contributed by atoms with van der Waals surface area (Å²) in [4.78, 5) is 34.1. The maximum absolute atomic E-state index is 11.9. The van der Waals surface area contributed by atoms with Crippen molar-refractivity contribution in [2.24, 2.45) is 7.05 Å². The highest BCUT2D eigenvalue weighted by molar-refractivity contribution is 6.05. The normalized spacial score (nSPS) is 10.4. The van der Waals surface area contributed by atoms with E-state index in [0.29, 0.717) is 10.8 Å². The Morgan fingerprint density at radius 3 is 2.58 bits per heavy atom. The Hall–Kier alpha value is -2.70. The summed E-state index contributed by atoms with van der Waals surface area (Å²) >= 11 is 0. The van der Waals surface area contributed by atoms with Crippen molar-refractivity contribution in [1.29, 1.82) is 0 Å². The molecular weight excluding hydrogens is 250 g/mol. The highest BCUT2D eigenvalue weighted by atomic mass is 16.4. The van der Waals surface area contributed by atoms with Crippen LogP contribution in [0.1, 0.15) is 10.5 Å². The van der Waals surface area contributed by atoms with Gasteiger partial charge in [0, 0.05) is 12.4 Å². The molecular formula is C12H11N3O4. The number of fused-ring (bicyclic) bond motifs is 1. The average Bonchev–Trinajstić information content (AvgIpc) is 2.40. The first-order chi connectivity index (χ1) is 9.00. The van der Waals surface area contributed by atoms with Gasteiger partial charge in [-0.25, -0.2) is 4.68 Å². The number of carboxylic acid groups (broad SMARTS) is 1. The van der Waals surface area contributed by atoms with Crippen LogP contribution in [0.3, 0.4) is 0 Å². The summed E-state index contributed by atoms with van der Waals surface area (Å²) in [6.07, 6.45) is 0. The van der Waals surface area contributed by atoms with Crippen molar-refractivity contribution >= 4 is 22.6 Å². The third-order valence-corrected chi connectivity index (χ3v) is 2.57. The molecule has 2 aromatic rings. The van der Waals surface area contributed by atoms with E-state index < -0.39 is 18.4 Å². The predicted molar refractivity (Wildman–Crippen MR) is 67.0 cm³/mol. The van der Waals surface area contributed by atoms with E-state index in [1.54, 1.807) is 24.3 Å². The van der Waals surface area contributed by atoms with Gasteiger partial charge in [0.1, 0.15) is 6.54 Å². The van der Waals surface area contributed by atoms with E-state index in [1.165, 1.54) is 7.05 Å². The number of hydrogen-bond donors (Lipinski definition) is 2. The highest BCUT2D eigenvalue weighted by Crippen LogP contribution is 2.12. The third-order valence-electron chi connectivity index (χ3n) is 2.57. The fourth-order valence-electron chi connectivity index (χ4n) is 1.71. The van der Waals surface area contributed by atoms with Crippen LogP contribution in [0, 0.1) is 0 Å². The van der Waals surface area contributed by atoms with Gasteiger partial charge in [-0.2, -0.15) is 5.10 Å². The van der Waals surface area contributed by atoms with Crippen molar-refractivity contribution in [2.75, 3.05) is 6.54 Å². The number of nitrogens with one attached hydrogen (secondary N) is 1. The van der Waals surface area contributed by atoms with Crippen molar-refractivity contribution in [3.8, 4) is 0 Å². The molecule has 0 aliphatic rings. The predicted octanol–water partition coefficient (Wildman–Crippen LogP) is -0.252. The van der Waals surface area contributed by atoms with Gasteiger partial charge in [0.25, 0.3) is 11.5 Å². The standard InChI is InChI=1S/C12H11N3O4/c1-15-12(19)8-5-3-2-4-7(8)10(14-15)11(18)13-6-9(16)17/h2-5H,6H2,1H3,(H,13,18)(H,16,17). The van der Waals surface area contributed by atoms with E-state index in [2.05, 4.69) is 10.4 Å². The molecule has 1 heterocycles. The first-order valence-electron chi connectivity index (χ1n) is 5.46. The number of carbonyl (C=O) groups excluding carboxylic acids is 1. The van der Waals surface area contributed by atoms with Crippen LogP contribution in [0.5, 0.6) is 0 Å². The number of hydrogen-bond acceptors (Lipinski definition) is 4. The van der Waals surface area contributed by atoms with Crippen molar-refractivity contribution in [2.45, 2.75) is 0 Å². The summed E-state index contributed by atoms with van der Waals surface area (Å²) < 4.78 is 1.05. The molecule has 0 atom stereocenters. The molecule has 19 heavy (non-hydrogen) atoms. The number of rotatable bonds is 3. The molecule has 2 N–H and O–H groups in total. The van der Waals surface area contributed by atoms with Crippen LogP contribution in [0.4, 0.5) is 0 Å². The van der Waals surface area contributed by atoms with E-state index in [9.17, 15) is 14.4 Å². The molecule has 0 radical (unpaired) electrons. The van der Waals surface area contributed by atoms with Gasteiger partial charge in [-0.15, -0.1) is 0 Å². The molecule has 0 fully saturated rings. The summed E-state index contributed by atoms with van der Waals surface area (Å²) in [7, 11) is 1.43. The quantitative estimate of drug-likeness (QED) is 0.793. The van der Waals surface area contributed by atoms with E-state index in [4.69, 9.17) is 5.11 Å². The number of carbonyl (C=O) groups is 2.